The fraction of sp³-hybridized carbons (Fsp3) is 0.125. The first-order chi connectivity index (χ1) is 6.45. The molecule has 0 aliphatic heterocycles. The maximum absolute atomic E-state index is 11.1. The molecule has 0 saturated heterocycles. The van der Waals surface area contributed by atoms with Gasteiger partial charge in [-0.2, -0.15) is 0 Å². The molecule has 0 aromatic carbocycles. The Hall–Kier alpha value is -0.580. The predicted molar refractivity (Wildman–Crippen MR) is 57.0 cm³/mol. The van der Waals surface area contributed by atoms with Gasteiger partial charge in [0, 0.05) is 16.9 Å². The summed E-state index contributed by atoms with van der Waals surface area (Å²) in [7, 11) is 1.50. The van der Waals surface area contributed by atoms with Gasteiger partial charge in [0.2, 0.25) is 9.05 Å². The second-order valence-electron chi connectivity index (χ2n) is 2.55. The number of rotatable bonds is 3. The summed E-state index contributed by atoms with van der Waals surface area (Å²) in [6.07, 6.45) is 2.60. The van der Waals surface area contributed by atoms with Crippen LogP contribution in [0.15, 0.2) is 31.0 Å². The quantitative estimate of drug-likeness (QED) is 0.471. The molecule has 0 radical (unpaired) electrons. The van der Waals surface area contributed by atoms with Crippen LogP contribution in [0.1, 0.15) is 10.8 Å². The molecule has 14 heavy (non-hydrogen) atoms. The van der Waals surface area contributed by atoms with Gasteiger partial charge >= 0.3 is 0 Å². The van der Waals surface area contributed by atoms with Crippen LogP contribution < -0.4 is 0 Å². The summed E-state index contributed by atoms with van der Waals surface area (Å²) in [6.45, 7) is 3.40. The van der Waals surface area contributed by atoms with Crippen LogP contribution in [0.4, 0.5) is 0 Å². The van der Waals surface area contributed by atoms with Crippen LogP contribution in [0, 0.1) is 0 Å². The molecule has 1 atom stereocenters. The average molecular weight is 252 g/mol. The molecule has 1 aromatic heterocycles. The molecular weight excluding hydrogens is 245 g/mol. The lowest BCUT2D eigenvalue weighted by Gasteiger charge is -2.07. The molecule has 1 unspecified atom stereocenters. The minimum Gasteiger partial charge on any atom is -0.244 e. The van der Waals surface area contributed by atoms with Crippen molar-refractivity contribution >= 4 is 31.3 Å². The summed E-state index contributed by atoms with van der Waals surface area (Å²) >= 11 is 5.55. The lowest BCUT2D eigenvalue weighted by atomic mass is 10.2. The summed E-state index contributed by atoms with van der Waals surface area (Å²) in [5, 5.41) is -0.655. The molecule has 0 fully saturated rings. The van der Waals surface area contributed by atoms with Crippen LogP contribution >= 0.6 is 22.3 Å². The number of aromatic nitrogens is 1. The molecule has 0 aliphatic carbocycles. The Morgan fingerprint density at radius 2 is 2.14 bits per heavy atom. The Morgan fingerprint density at radius 3 is 2.50 bits per heavy atom. The lowest BCUT2D eigenvalue weighted by Crippen LogP contribution is -2.04. The molecule has 0 N–H and O–H groups in total. The molecule has 1 aromatic rings. The van der Waals surface area contributed by atoms with Crippen LogP contribution in [0.2, 0.25) is 5.15 Å². The first-order valence-corrected chi connectivity index (χ1v) is 6.37. The molecule has 0 bridgehead atoms. The minimum atomic E-state index is -3.71. The van der Waals surface area contributed by atoms with Crippen molar-refractivity contribution in [2.75, 3.05) is 0 Å². The lowest BCUT2D eigenvalue weighted by molar-refractivity contribution is 0.604. The van der Waals surface area contributed by atoms with Crippen molar-refractivity contribution in [3.63, 3.8) is 0 Å². The molecule has 6 heteroatoms. The molecule has 0 spiro atoms. The largest absolute Gasteiger partial charge is 0.244 e. The van der Waals surface area contributed by atoms with E-state index in [9.17, 15) is 8.42 Å². The predicted octanol–water partition coefficient (Wildman–Crippen LogP) is 2.53. The van der Waals surface area contributed by atoms with Gasteiger partial charge in [-0.15, -0.1) is 6.58 Å². The molecule has 1 rings (SSSR count). The topological polar surface area (TPSA) is 47.0 Å². The van der Waals surface area contributed by atoms with Crippen molar-refractivity contribution in [1.29, 1.82) is 0 Å². The number of hydrogen-bond acceptors (Lipinski definition) is 3. The number of nitrogens with zero attached hydrogens (tertiary/aromatic N) is 1. The summed E-state index contributed by atoms with van der Waals surface area (Å²) in [5.74, 6) is 0. The average Bonchev–Trinajstić information content (AvgIpc) is 2.07. The second-order valence-corrected chi connectivity index (χ2v) is 5.68. The van der Waals surface area contributed by atoms with E-state index >= 15 is 0 Å². The first-order valence-electron chi connectivity index (χ1n) is 3.62. The van der Waals surface area contributed by atoms with Crippen LogP contribution in [0.25, 0.3) is 0 Å². The van der Waals surface area contributed by atoms with Crippen molar-refractivity contribution < 1.29 is 8.42 Å². The molecule has 3 nitrogen and oxygen atoms in total. The van der Waals surface area contributed by atoms with Gasteiger partial charge in [-0.1, -0.05) is 23.7 Å². The fourth-order valence-corrected chi connectivity index (χ4v) is 2.30. The van der Waals surface area contributed by atoms with Gasteiger partial charge in [0.05, 0.1) is 0 Å². The van der Waals surface area contributed by atoms with Gasteiger partial charge < -0.3 is 0 Å². The van der Waals surface area contributed by atoms with Crippen LogP contribution in [0.3, 0.4) is 0 Å². The molecular formula is C8H7Cl2NO2S. The smallest absolute Gasteiger partial charge is 0.243 e. The Morgan fingerprint density at radius 1 is 1.50 bits per heavy atom. The van der Waals surface area contributed by atoms with Crippen molar-refractivity contribution in [2.45, 2.75) is 5.25 Å². The first kappa shape index (κ1) is 11.5. The highest BCUT2D eigenvalue weighted by molar-refractivity contribution is 8.14. The normalized spacial score (nSPS) is 13.6. The van der Waals surface area contributed by atoms with E-state index in [-0.39, 0.29) is 0 Å². The van der Waals surface area contributed by atoms with E-state index in [1.165, 1.54) is 18.3 Å². The van der Waals surface area contributed by atoms with Crippen LogP contribution in [-0.2, 0) is 9.05 Å². The Labute approximate surface area is 91.8 Å². The van der Waals surface area contributed by atoms with Gasteiger partial charge in [0.15, 0.2) is 0 Å². The highest BCUT2D eigenvalue weighted by atomic mass is 35.7. The summed E-state index contributed by atoms with van der Waals surface area (Å²) in [4.78, 5) is 3.76. The van der Waals surface area contributed by atoms with E-state index in [0.29, 0.717) is 10.7 Å². The van der Waals surface area contributed by atoms with Crippen LogP contribution in [-0.4, -0.2) is 13.4 Å². The van der Waals surface area contributed by atoms with Crippen molar-refractivity contribution in [3.05, 3.63) is 41.7 Å². The van der Waals surface area contributed by atoms with Gasteiger partial charge in [-0.3, -0.25) is 0 Å². The number of pyridine rings is 1. The summed E-state index contributed by atoms with van der Waals surface area (Å²) in [5.41, 5.74) is 0.444. The van der Waals surface area contributed by atoms with E-state index in [4.69, 9.17) is 22.3 Å². The van der Waals surface area contributed by atoms with Crippen molar-refractivity contribution in [3.8, 4) is 0 Å². The summed E-state index contributed by atoms with van der Waals surface area (Å²) in [6, 6.07) is 3.04. The highest BCUT2D eigenvalue weighted by Crippen LogP contribution is 2.26. The van der Waals surface area contributed by atoms with E-state index in [1.807, 2.05) is 0 Å². The van der Waals surface area contributed by atoms with Gasteiger partial charge in [0.1, 0.15) is 10.4 Å². The van der Waals surface area contributed by atoms with Crippen molar-refractivity contribution in [1.82, 2.24) is 4.98 Å². The zero-order chi connectivity index (χ0) is 10.8. The van der Waals surface area contributed by atoms with E-state index < -0.39 is 14.3 Å². The van der Waals surface area contributed by atoms with Gasteiger partial charge in [0.25, 0.3) is 0 Å². The third-order valence-electron chi connectivity index (χ3n) is 1.60. The van der Waals surface area contributed by atoms with Gasteiger partial charge in [-0.05, 0) is 11.6 Å². The minimum absolute atomic E-state index is 0.295. The molecule has 76 valence electrons. The zero-order valence-corrected chi connectivity index (χ0v) is 9.35. The molecule has 0 aliphatic rings. The maximum Gasteiger partial charge on any atom is 0.243 e. The van der Waals surface area contributed by atoms with Gasteiger partial charge in [-0.25, -0.2) is 13.4 Å². The molecule has 1 heterocycles. The van der Waals surface area contributed by atoms with E-state index in [1.54, 1.807) is 6.07 Å². The molecule has 0 saturated carbocycles. The SMILES string of the molecule is C=CC(c1ccc(Cl)nc1)S(=O)(=O)Cl. The standard InChI is InChI=1S/C8H7Cl2NO2S/c1-2-7(14(10,12)13)6-3-4-8(9)11-5-6/h2-5,7H,1H2. The zero-order valence-electron chi connectivity index (χ0n) is 7.02. The maximum atomic E-state index is 11.1. The monoisotopic (exact) mass is 251 g/mol. The Bertz CT molecular complexity index is 427. The molecule has 0 amide bonds. The third-order valence-corrected chi connectivity index (χ3v) is 3.47. The second kappa shape index (κ2) is 4.29. The Balaban J connectivity index is 3.15. The fourth-order valence-electron chi connectivity index (χ4n) is 0.969. The third kappa shape index (κ3) is 2.70. The van der Waals surface area contributed by atoms with Crippen LogP contribution in [0.5, 0.6) is 0 Å². The highest BCUT2D eigenvalue weighted by Gasteiger charge is 2.21. The Kier molecular flexibility index (Phi) is 3.53. The number of halogens is 2. The number of hydrogen-bond donors (Lipinski definition) is 0. The van der Waals surface area contributed by atoms with E-state index in [2.05, 4.69) is 11.6 Å². The van der Waals surface area contributed by atoms with Crippen molar-refractivity contribution in [2.24, 2.45) is 0 Å². The van der Waals surface area contributed by atoms with E-state index in [0.717, 1.165) is 0 Å². The summed E-state index contributed by atoms with van der Waals surface area (Å²) < 4.78 is 22.2.